The Bertz CT molecular complexity index is 1330. The lowest BCUT2D eigenvalue weighted by Crippen LogP contribution is -2.51. The molecule has 40 heavy (non-hydrogen) atoms. The van der Waals surface area contributed by atoms with E-state index in [4.69, 9.17) is 0 Å². The summed E-state index contributed by atoms with van der Waals surface area (Å²) in [4.78, 5) is 55.8. The van der Waals surface area contributed by atoms with Gasteiger partial charge in [-0.05, 0) is 42.5 Å². The van der Waals surface area contributed by atoms with Crippen LogP contribution in [0.4, 0.5) is 0 Å². The topological polar surface area (TPSA) is 86.8 Å². The van der Waals surface area contributed by atoms with Crippen molar-refractivity contribution in [2.24, 2.45) is 5.92 Å². The number of carbonyl (C=O) groups excluding carboxylic acids is 4. The number of benzene rings is 3. The average Bonchev–Trinajstić information content (AvgIpc) is 3.19. The molecule has 0 fully saturated rings. The molecular formula is C33H37N3O4. The number of hydrogen-bond donors (Lipinski definition) is 1. The molecule has 1 unspecified atom stereocenters. The van der Waals surface area contributed by atoms with Crippen molar-refractivity contribution in [2.75, 3.05) is 13.1 Å². The molecule has 208 valence electrons. The lowest BCUT2D eigenvalue weighted by molar-refractivity contribution is -0.141. The Morgan fingerprint density at radius 1 is 0.850 bits per heavy atom. The van der Waals surface area contributed by atoms with Crippen LogP contribution in [-0.4, -0.2) is 52.6 Å². The summed E-state index contributed by atoms with van der Waals surface area (Å²) in [6, 6.07) is 23.6. The van der Waals surface area contributed by atoms with E-state index in [1.54, 1.807) is 29.2 Å². The maximum absolute atomic E-state index is 13.8. The van der Waals surface area contributed by atoms with Crippen molar-refractivity contribution in [1.29, 1.82) is 0 Å². The highest BCUT2D eigenvalue weighted by atomic mass is 16.2. The first-order chi connectivity index (χ1) is 19.2. The summed E-state index contributed by atoms with van der Waals surface area (Å²) < 4.78 is 0. The summed E-state index contributed by atoms with van der Waals surface area (Å²) in [5.74, 6) is -0.793. The first kappa shape index (κ1) is 28.7. The molecule has 7 nitrogen and oxygen atoms in total. The number of rotatable bonds is 12. The van der Waals surface area contributed by atoms with Crippen molar-refractivity contribution < 1.29 is 19.2 Å². The highest BCUT2D eigenvalue weighted by Gasteiger charge is 2.35. The summed E-state index contributed by atoms with van der Waals surface area (Å²) in [7, 11) is 0. The number of aryl methyl sites for hydroxylation is 1. The van der Waals surface area contributed by atoms with Gasteiger partial charge in [0.2, 0.25) is 11.8 Å². The molecule has 0 spiro atoms. The Kier molecular flexibility index (Phi) is 9.48. The zero-order valence-electron chi connectivity index (χ0n) is 23.4. The zero-order chi connectivity index (χ0) is 28.6. The standard InChI is InChI=1S/C33H37N3O4/c1-23(2)21-34-31(38)29(20-25-12-5-4-6-13-25)36(22-26-14-9-11-24(3)19-26)30(37)17-10-18-35-32(39)27-15-7-8-16-28(27)33(35)40/h4-9,11-16,19,23,29H,10,17-18,20-22H2,1-3H3,(H,34,38). The van der Waals surface area contributed by atoms with E-state index in [9.17, 15) is 19.2 Å². The van der Waals surface area contributed by atoms with Crippen LogP contribution >= 0.6 is 0 Å². The summed E-state index contributed by atoms with van der Waals surface area (Å²) in [5.41, 5.74) is 3.75. The van der Waals surface area contributed by atoms with E-state index in [1.165, 1.54) is 4.90 Å². The summed E-state index contributed by atoms with van der Waals surface area (Å²) in [6.07, 6.45) is 0.781. The molecule has 0 bridgehead atoms. The first-order valence-electron chi connectivity index (χ1n) is 13.9. The number of amides is 4. The minimum atomic E-state index is -0.714. The van der Waals surface area contributed by atoms with E-state index in [-0.39, 0.29) is 49.1 Å². The fourth-order valence-corrected chi connectivity index (χ4v) is 4.96. The van der Waals surface area contributed by atoms with Gasteiger partial charge in [0.05, 0.1) is 11.1 Å². The average molecular weight is 540 g/mol. The van der Waals surface area contributed by atoms with Gasteiger partial charge < -0.3 is 10.2 Å². The number of carbonyl (C=O) groups is 4. The quantitative estimate of drug-likeness (QED) is 0.336. The van der Waals surface area contributed by atoms with E-state index in [1.807, 2.05) is 75.4 Å². The summed E-state index contributed by atoms with van der Waals surface area (Å²) in [5, 5.41) is 3.03. The Morgan fingerprint density at radius 2 is 1.48 bits per heavy atom. The van der Waals surface area contributed by atoms with Crippen LogP contribution in [0.5, 0.6) is 0 Å². The number of hydrogen-bond acceptors (Lipinski definition) is 4. The maximum Gasteiger partial charge on any atom is 0.261 e. The minimum Gasteiger partial charge on any atom is -0.354 e. The normalized spacial score (nSPS) is 13.3. The van der Waals surface area contributed by atoms with E-state index in [0.717, 1.165) is 16.7 Å². The molecule has 0 aromatic heterocycles. The smallest absolute Gasteiger partial charge is 0.261 e. The lowest BCUT2D eigenvalue weighted by Gasteiger charge is -2.32. The van der Waals surface area contributed by atoms with E-state index in [0.29, 0.717) is 30.5 Å². The molecule has 0 saturated heterocycles. The van der Waals surface area contributed by atoms with Gasteiger partial charge in [0.15, 0.2) is 0 Å². The molecule has 7 heteroatoms. The van der Waals surface area contributed by atoms with Crippen molar-refractivity contribution in [3.63, 3.8) is 0 Å². The maximum atomic E-state index is 13.8. The zero-order valence-corrected chi connectivity index (χ0v) is 23.4. The highest BCUT2D eigenvalue weighted by molar-refractivity contribution is 6.21. The summed E-state index contributed by atoms with van der Waals surface area (Å²) in [6.45, 7) is 6.98. The molecule has 1 aliphatic rings. The first-order valence-corrected chi connectivity index (χ1v) is 13.9. The fraction of sp³-hybridized carbons (Fsp3) is 0.333. The van der Waals surface area contributed by atoms with Gasteiger partial charge in [-0.3, -0.25) is 24.1 Å². The second-order valence-electron chi connectivity index (χ2n) is 10.8. The monoisotopic (exact) mass is 539 g/mol. The molecule has 3 aromatic rings. The van der Waals surface area contributed by atoms with Gasteiger partial charge in [-0.25, -0.2) is 0 Å². The van der Waals surface area contributed by atoms with E-state index in [2.05, 4.69) is 5.32 Å². The van der Waals surface area contributed by atoms with E-state index >= 15 is 0 Å². The van der Waals surface area contributed by atoms with Gasteiger partial charge in [-0.1, -0.05) is 86.1 Å². The minimum absolute atomic E-state index is 0.0992. The van der Waals surface area contributed by atoms with Crippen LogP contribution in [0.15, 0.2) is 78.9 Å². The van der Waals surface area contributed by atoms with Gasteiger partial charge in [-0.2, -0.15) is 0 Å². The van der Waals surface area contributed by atoms with Crippen molar-refractivity contribution in [3.8, 4) is 0 Å². The van der Waals surface area contributed by atoms with Crippen molar-refractivity contribution in [2.45, 2.75) is 52.6 Å². The number of nitrogens with zero attached hydrogens (tertiary/aromatic N) is 2. The molecular weight excluding hydrogens is 502 g/mol. The number of imide groups is 1. The van der Waals surface area contributed by atoms with Crippen LogP contribution in [0.2, 0.25) is 0 Å². The molecule has 0 saturated carbocycles. The predicted octanol–water partition coefficient (Wildman–Crippen LogP) is 4.78. The molecule has 3 aromatic carbocycles. The summed E-state index contributed by atoms with van der Waals surface area (Å²) >= 11 is 0. The van der Waals surface area contributed by atoms with Crippen LogP contribution in [0.3, 0.4) is 0 Å². The Balaban J connectivity index is 1.54. The van der Waals surface area contributed by atoms with Crippen molar-refractivity contribution >= 4 is 23.6 Å². The number of nitrogens with one attached hydrogen (secondary N) is 1. The van der Waals surface area contributed by atoms with Crippen molar-refractivity contribution in [3.05, 3.63) is 107 Å². The Labute approximate surface area is 236 Å². The number of fused-ring (bicyclic) bond motifs is 1. The van der Waals surface area contributed by atoms with Gasteiger partial charge in [0.25, 0.3) is 11.8 Å². The van der Waals surface area contributed by atoms with Gasteiger partial charge in [0, 0.05) is 32.5 Å². The van der Waals surface area contributed by atoms with Gasteiger partial charge in [-0.15, -0.1) is 0 Å². The second-order valence-corrected chi connectivity index (χ2v) is 10.8. The van der Waals surface area contributed by atoms with Crippen LogP contribution in [0.1, 0.15) is 64.1 Å². The highest BCUT2D eigenvalue weighted by Crippen LogP contribution is 2.23. The predicted molar refractivity (Wildman–Crippen MR) is 155 cm³/mol. The van der Waals surface area contributed by atoms with Crippen LogP contribution in [0, 0.1) is 12.8 Å². The van der Waals surface area contributed by atoms with Crippen LogP contribution in [-0.2, 0) is 22.6 Å². The molecule has 1 heterocycles. The molecule has 1 aliphatic heterocycles. The molecule has 4 rings (SSSR count). The largest absolute Gasteiger partial charge is 0.354 e. The van der Waals surface area contributed by atoms with Gasteiger partial charge >= 0.3 is 0 Å². The molecule has 1 atom stereocenters. The second kappa shape index (κ2) is 13.2. The third kappa shape index (κ3) is 7.03. The molecule has 0 aliphatic carbocycles. The van der Waals surface area contributed by atoms with E-state index < -0.39 is 6.04 Å². The SMILES string of the molecule is Cc1cccc(CN(C(=O)CCCN2C(=O)c3ccccc3C2=O)C(Cc2ccccc2)C(=O)NCC(C)C)c1. The third-order valence-corrected chi connectivity index (χ3v) is 7.04. The molecule has 4 amide bonds. The van der Waals surface area contributed by atoms with Gasteiger partial charge in [0.1, 0.15) is 6.04 Å². The van der Waals surface area contributed by atoms with Crippen LogP contribution in [0.25, 0.3) is 0 Å². The van der Waals surface area contributed by atoms with Crippen molar-refractivity contribution in [1.82, 2.24) is 15.1 Å². The molecule has 1 N–H and O–H groups in total. The molecule has 0 radical (unpaired) electrons. The fourth-order valence-electron chi connectivity index (χ4n) is 4.96. The Hall–Kier alpha value is -4.26. The Morgan fingerprint density at radius 3 is 2.10 bits per heavy atom. The lowest BCUT2D eigenvalue weighted by atomic mass is 10.0. The third-order valence-electron chi connectivity index (χ3n) is 7.04. The van der Waals surface area contributed by atoms with Crippen LogP contribution < -0.4 is 5.32 Å².